The number of nitrogens with zero attached hydrogens (tertiary/aromatic N) is 2. The van der Waals surface area contributed by atoms with Crippen molar-refractivity contribution in [3.05, 3.63) is 30.3 Å². The Morgan fingerprint density at radius 3 is 2.93 bits per heavy atom. The number of nitrogens with one attached hydrogen (secondary N) is 2. The number of hydrogen-bond acceptors (Lipinski definition) is 5. The van der Waals surface area contributed by atoms with Gasteiger partial charge in [0.15, 0.2) is 8.52 Å². The third-order valence-corrected chi connectivity index (χ3v) is 4.44. The minimum absolute atomic E-state index is 0.755. The van der Waals surface area contributed by atoms with Crippen molar-refractivity contribution >= 4 is 25.4 Å². The summed E-state index contributed by atoms with van der Waals surface area (Å²) in [7, 11) is 0.793. The second-order valence-corrected chi connectivity index (χ2v) is 5.70. The lowest BCUT2D eigenvalue weighted by Gasteiger charge is -2.12. The zero-order valence-corrected chi connectivity index (χ0v) is 9.71. The van der Waals surface area contributed by atoms with Gasteiger partial charge in [0.1, 0.15) is 14.3 Å². The molecule has 1 aliphatic heterocycles. The Morgan fingerprint density at radius 1 is 1.36 bits per heavy atom. The Hall–Kier alpha value is -0.430. The van der Waals surface area contributed by atoms with Gasteiger partial charge in [0, 0.05) is 0 Å². The number of benzene rings is 1. The number of para-hydroxylation sites is 1. The van der Waals surface area contributed by atoms with Gasteiger partial charge in [-0.05, 0) is 12.1 Å². The van der Waals surface area contributed by atoms with E-state index in [9.17, 15) is 0 Å². The molecule has 0 saturated carbocycles. The maximum atomic E-state index is 5.32. The molecular formula is C6H7N4OP3. The SMILES string of the molecule is c1ccc(ONP2N=PN=PN2)cc1. The summed E-state index contributed by atoms with van der Waals surface area (Å²) >= 11 is 0. The van der Waals surface area contributed by atoms with E-state index in [1.54, 1.807) is 0 Å². The normalized spacial score (nSPS) is 21.9. The van der Waals surface area contributed by atoms with E-state index in [-0.39, 0.29) is 0 Å². The molecule has 2 N–H and O–H groups in total. The maximum Gasteiger partial charge on any atom is 0.213 e. The van der Waals surface area contributed by atoms with Crippen molar-refractivity contribution in [3.63, 3.8) is 0 Å². The van der Waals surface area contributed by atoms with Crippen LogP contribution in [-0.2, 0) is 0 Å². The zero-order chi connectivity index (χ0) is 9.64. The molecule has 0 amide bonds. The van der Waals surface area contributed by atoms with E-state index in [2.05, 4.69) is 19.1 Å². The van der Waals surface area contributed by atoms with Crippen LogP contribution in [0.2, 0.25) is 0 Å². The molecular weight excluding hydrogens is 237 g/mol. The van der Waals surface area contributed by atoms with E-state index in [1.807, 2.05) is 30.3 Å². The van der Waals surface area contributed by atoms with Crippen LogP contribution in [0.3, 0.4) is 0 Å². The highest BCUT2D eigenvalue weighted by atomic mass is 31.2. The van der Waals surface area contributed by atoms with Gasteiger partial charge >= 0.3 is 0 Å². The van der Waals surface area contributed by atoms with E-state index in [0.717, 1.165) is 22.8 Å². The quantitative estimate of drug-likeness (QED) is 0.632. The Kier molecular flexibility index (Phi) is 3.93. The van der Waals surface area contributed by atoms with Gasteiger partial charge in [-0.15, -0.1) is 0 Å². The molecule has 5 nitrogen and oxygen atoms in total. The molecule has 2 rings (SSSR count). The molecule has 1 unspecified atom stereocenters. The molecule has 0 radical (unpaired) electrons. The van der Waals surface area contributed by atoms with Gasteiger partial charge < -0.3 is 4.84 Å². The molecule has 0 spiro atoms. The van der Waals surface area contributed by atoms with Gasteiger partial charge in [-0.1, -0.05) is 23.4 Å². The minimum atomic E-state index is -0.811. The monoisotopic (exact) mass is 244 g/mol. The summed E-state index contributed by atoms with van der Waals surface area (Å²) in [4.78, 5) is 8.37. The Bertz CT molecular complexity index is 344. The van der Waals surface area contributed by atoms with E-state index < -0.39 is 8.37 Å². The molecule has 1 aromatic carbocycles. The molecule has 0 aromatic heterocycles. The molecule has 72 valence electrons. The molecule has 1 heterocycles. The third kappa shape index (κ3) is 3.06. The summed E-state index contributed by atoms with van der Waals surface area (Å²) in [6, 6.07) is 9.54. The molecule has 1 aromatic rings. The van der Waals surface area contributed by atoms with E-state index >= 15 is 0 Å². The predicted octanol–water partition coefficient (Wildman–Crippen LogP) is 3.49. The van der Waals surface area contributed by atoms with Crippen molar-refractivity contribution < 1.29 is 4.84 Å². The highest BCUT2D eigenvalue weighted by Gasteiger charge is 2.07. The second kappa shape index (κ2) is 5.45. The summed E-state index contributed by atoms with van der Waals surface area (Å²) in [5.41, 5.74) is 0. The average Bonchev–Trinajstić information content (AvgIpc) is 2.29. The summed E-state index contributed by atoms with van der Waals surface area (Å²) < 4.78 is 8.13. The minimum Gasteiger partial charge on any atom is -0.402 e. The fraction of sp³-hybridized carbons (Fsp3) is 0. The number of hydrogen-bond donors (Lipinski definition) is 2. The van der Waals surface area contributed by atoms with Gasteiger partial charge in [-0.3, -0.25) is 0 Å². The van der Waals surface area contributed by atoms with Gasteiger partial charge in [0.25, 0.3) is 0 Å². The summed E-state index contributed by atoms with van der Waals surface area (Å²) in [5, 5.41) is 2.85. The maximum absolute atomic E-state index is 5.32. The van der Waals surface area contributed by atoms with Crippen LogP contribution in [0.5, 0.6) is 5.75 Å². The zero-order valence-electron chi connectivity index (χ0n) is 7.03. The summed E-state index contributed by atoms with van der Waals surface area (Å²) in [6.07, 6.45) is 0. The average molecular weight is 244 g/mol. The summed E-state index contributed by atoms with van der Waals surface area (Å²) in [6.45, 7) is 0. The van der Waals surface area contributed by atoms with Crippen molar-refractivity contribution in [2.75, 3.05) is 0 Å². The van der Waals surface area contributed by atoms with Gasteiger partial charge in [0.2, 0.25) is 8.37 Å². The molecule has 8 heteroatoms. The second-order valence-electron chi connectivity index (χ2n) is 2.29. The fourth-order valence-electron chi connectivity index (χ4n) is 0.783. The largest absolute Gasteiger partial charge is 0.402 e. The standard InChI is InChI=1S/C6H7N4OP3/c1-2-4-6(5-3-1)11-7-14-9-12-8-13-10-14/h1-5,7H,(H,8,9,10). The molecule has 0 fully saturated rings. The highest BCUT2D eigenvalue weighted by Crippen LogP contribution is 2.39. The van der Waals surface area contributed by atoms with Crippen LogP contribution < -0.4 is 14.9 Å². The van der Waals surface area contributed by atoms with Crippen LogP contribution in [-0.4, -0.2) is 0 Å². The summed E-state index contributed by atoms with van der Waals surface area (Å²) in [5.74, 6) is 0.780. The van der Waals surface area contributed by atoms with Gasteiger partial charge in [-0.25, -0.2) is 0 Å². The van der Waals surface area contributed by atoms with Crippen LogP contribution in [0.15, 0.2) is 39.4 Å². The van der Waals surface area contributed by atoms with E-state index in [0.29, 0.717) is 0 Å². The van der Waals surface area contributed by atoms with Crippen LogP contribution in [0.4, 0.5) is 0 Å². The number of rotatable bonds is 3. The van der Waals surface area contributed by atoms with Crippen molar-refractivity contribution in [2.45, 2.75) is 0 Å². The first kappa shape index (κ1) is 10.1. The Labute approximate surface area is 86.0 Å². The van der Waals surface area contributed by atoms with Crippen molar-refractivity contribution in [2.24, 2.45) is 9.03 Å². The first-order valence-electron chi connectivity index (χ1n) is 3.79. The Balaban J connectivity index is 1.83. The van der Waals surface area contributed by atoms with E-state index in [1.165, 1.54) is 0 Å². The third-order valence-electron chi connectivity index (χ3n) is 1.35. The topological polar surface area (TPSA) is 58.0 Å². The Morgan fingerprint density at radius 2 is 2.21 bits per heavy atom. The molecule has 1 atom stereocenters. The van der Waals surface area contributed by atoms with Crippen molar-refractivity contribution in [3.8, 4) is 5.75 Å². The highest BCUT2D eigenvalue weighted by molar-refractivity contribution is 7.65. The lowest BCUT2D eigenvalue weighted by molar-refractivity contribution is 0.278. The lowest BCUT2D eigenvalue weighted by Crippen LogP contribution is -2.15. The van der Waals surface area contributed by atoms with Crippen LogP contribution in [0.25, 0.3) is 0 Å². The van der Waals surface area contributed by atoms with Crippen LogP contribution in [0, 0.1) is 0 Å². The molecule has 0 aliphatic carbocycles. The molecule has 0 saturated heterocycles. The molecule has 1 aliphatic rings. The van der Waals surface area contributed by atoms with Crippen LogP contribution >= 0.6 is 25.4 Å². The molecule has 14 heavy (non-hydrogen) atoms. The molecule has 0 bridgehead atoms. The lowest BCUT2D eigenvalue weighted by atomic mass is 10.3. The predicted molar refractivity (Wildman–Crippen MR) is 59.0 cm³/mol. The van der Waals surface area contributed by atoms with E-state index in [4.69, 9.17) is 4.84 Å². The van der Waals surface area contributed by atoms with Crippen molar-refractivity contribution in [1.29, 1.82) is 0 Å². The first-order chi connectivity index (χ1) is 6.95. The van der Waals surface area contributed by atoms with Crippen LogP contribution in [0.1, 0.15) is 0 Å². The smallest absolute Gasteiger partial charge is 0.213 e. The van der Waals surface area contributed by atoms with Gasteiger partial charge in [0.05, 0.1) is 0 Å². The van der Waals surface area contributed by atoms with Crippen molar-refractivity contribution in [1.82, 2.24) is 10.1 Å². The first-order valence-corrected chi connectivity index (χ1v) is 6.73. The van der Waals surface area contributed by atoms with Gasteiger partial charge in [-0.2, -0.15) is 13.9 Å². The fourth-order valence-corrected chi connectivity index (χ4v) is 3.61.